The minimum absolute atomic E-state index is 0.177. The molecule has 0 radical (unpaired) electrons. The zero-order chi connectivity index (χ0) is 16.3. The quantitative estimate of drug-likeness (QED) is 0.746. The fourth-order valence-corrected chi connectivity index (χ4v) is 2.21. The molecule has 0 atom stereocenters. The first kappa shape index (κ1) is 16.8. The number of nitrogens with one attached hydrogen (secondary N) is 2. The Morgan fingerprint density at radius 2 is 1.71 bits per heavy atom. The van der Waals surface area contributed by atoms with Gasteiger partial charge in [-0.05, 0) is 31.5 Å². The molecule has 1 rings (SSSR count). The van der Waals surface area contributed by atoms with E-state index in [1.807, 2.05) is 0 Å². The summed E-state index contributed by atoms with van der Waals surface area (Å²) in [5, 5.41) is 9.10. The fourth-order valence-electron chi connectivity index (χ4n) is 1.41. The average Bonchev–Trinajstić information content (AvgIpc) is 2.37. The van der Waals surface area contributed by atoms with Crippen molar-refractivity contribution in [2.75, 3.05) is 11.8 Å². The Hall–Kier alpha value is -2.29. The number of carbonyl (C=O) groups is 2. The van der Waals surface area contributed by atoms with Gasteiger partial charge in [-0.1, -0.05) is 12.1 Å². The Kier molecular flexibility index (Phi) is 4.79. The number of methoxy groups -OCH3 is 1. The van der Waals surface area contributed by atoms with Gasteiger partial charge >= 0.3 is 22.3 Å². The molecule has 0 aliphatic heterocycles. The number of benzene rings is 1. The Morgan fingerprint density at radius 3 is 2.14 bits per heavy atom. The second kappa shape index (κ2) is 6.00. The maximum Gasteiger partial charge on any atom is 0.422 e. The van der Waals surface area contributed by atoms with E-state index in [4.69, 9.17) is 5.11 Å². The van der Waals surface area contributed by atoms with Crippen LogP contribution in [-0.2, 0) is 25.2 Å². The van der Waals surface area contributed by atoms with Crippen LogP contribution in [0.4, 0.5) is 10.5 Å². The lowest BCUT2D eigenvalue weighted by Gasteiger charge is -2.20. The van der Waals surface area contributed by atoms with Gasteiger partial charge in [0, 0.05) is 0 Å². The van der Waals surface area contributed by atoms with Crippen molar-refractivity contribution in [2.45, 2.75) is 19.3 Å². The second-order valence-corrected chi connectivity index (χ2v) is 6.12. The molecule has 1 aromatic carbocycles. The second-order valence-electron chi connectivity index (χ2n) is 4.71. The van der Waals surface area contributed by atoms with Crippen LogP contribution < -0.4 is 9.44 Å². The molecule has 1 amide bonds. The highest BCUT2D eigenvalue weighted by Gasteiger charge is 2.29. The Bertz CT molecular complexity index is 636. The van der Waals surface area contributed by atoms with E-state index >= 15 is 0 Å². The maximum atomic E-state index is 11.5. The van der Waals surface area contributed by atoms with Gasteiger partial charge in [-0.2, -0.15) is 8.42 Å². The lowest BCUT2D eigenvalue weighted by Crippen LogP contribution is -2.35. The molecule has 0 aliphatic rings. The standard InChI is InChI=1S/C12H16N2O6S/c1-12(2,10(15)16)8-4-6-9(7-5-8)13-21(18,19)14-11(17)20-3/h4-7,13H,1-3H3,(H,14,17)(H,15,16). The van der Waals surface area contributed by atoms with E-state index < -0.39 is 27.7 Å². The summed E-state index contributed by atoms with van der Waals surface area (Å²) in [6.45, 7) is 3.07. The third kappa shape index (κ3) is 4.35. The zero-order valence-corrected chi connectivity index (χ0v) is 12.5. The number of carbonyl (C=O) groups excluding carboxylic acids is 1. The lowest BCUT2D eigenvalue weighted by molar-refractivity contribution is -0.142. The number of hydrogen-bond donors (Lipinski definition) is 3. The summed E-state index contributed by atoms with van der Waals surface area (Å²) in [5.41, 5.74) is -0.406. The molecule has 0 spiro atoms. The fraction of sp³-hybridized carbons (Fsp3) is 0.333. The van der Waals surface area contributed by atoms with Crippen molar-refractivity contribution >= 4 is 28.0 Å². The highest BCUT2D eigenvalue weighted by Crippen LogP contribution is 2.24. The summed E-state index contributed by atoms with van der Waals surface area (Å²) in [5.74, 6) is -0.997. The largest absolute Gasteiger partial charge is 0.481 e. The van der Waals surface area contributed by atoms with Crippen molar-refractivity contribution in [1.29, 1.82) is 0 Å². The molecular weight excluding hydrogens is 300 g/mol. The van der Waals surface area contributed by atoms with Gasteiger partial charge in [-0.15, -0.1) is 0 Å². The average molecular weight is 316 g/mol. The topological polar surface area (TPSA) is 122 Å². The summed E-state index contributed by atoms with van der Waals surface area (Å²) >= 11 is 0. The molecule has 0 bridgehead atoms. The molecule has 0 aromatic heterocycles. The molecule has 9 heteroatoms. The van der Waals surface area contributed by atoms with Crippen LogP contribution in [0, 0.1) is 0 Å². The molecule has 0 saturated heterocycles. The van der Waals surface area contributed by atoms with Gasteiger partial charge in [0.2, 0.25) is 0 Å². The third-order valence-corrected chi connectivity index (χ3v) is 3.74. The number of anilines is 1. The van der Waals surface area contributed by atoms with Crippen LogP contribution in [0.1, 0.15) is 19.4 Å². The van der Waals surface area contributed by atoms with Crippen LogP contribution in [-0.4, -0.2) is 32.7 Å². The van der Waals surface area contributed by atoms with E-state index in [1.54, 1.807) is 4.72 Å². The molecule has 0 aliphatic carbocycles. The minimum Gasteiger partial charge on any atom is -0.481 e. The zero-order valence-electron chi connectivity index (χ0n) is 11.7. The molecule has 0 heterocycles. The molecule has 21 heavy (non-hydrogen) atoms. The smallest absolute Gasteiger partial charge is 0.422 e. The lowest BCUT2D eigenvalue weighted by atomic mass is 9.85. The predicted molar refractivity (Wildman–Crippen MR) is 75.2 cm³/mol. The summed E-state index contributed by atoms with van der Waals surface area (Å²) < 4.78 is 31.0. The van der Waals surface area contributed by atoms with E-state index in [2.05, 4.69) is 9.46 Å². The van der Waals surface area contributed by atoms with Crippen molar-refractivity contribution in [3.63, 3.8) is 0 Å². The van der Waals surface area contributed by atoms with E-state index in [1.165, 1.54) is 38.1 Å². The van der Waals surface area contributed by atoms with Crippen molar-refractivity contribution < 1.29 is 27.9 Å². The van der Waals surface area contributed by atoms with Gasteiger partial charge < -0.3 is 9.84 Å². The number of carboxylic acids is 1. The SMILES string of the molecule is COC(=O)NS(=O)(=O)Nc1ccc(C(C)(C)C(=O)O)cc1. The highest BCUT2D eigenvalue weighted by molar-refractivity contribution is 7.91. The number of aliphatic carboxylic acids is 1. The first-order valence-corrected chi connectivity index (χ1v) is 7.29. The third-order valence-electron chi connectivity index (χ3n) is 2.80. The van der Waals surface area contributed by atoms with Crippen LogP contribution in [0.25, 0.3) is 0 Å². The monoisotopic (exact) mass is 316 g/mol. The van der Waals surface area contributed by atoms with Gasteiger partial charge in [0.25, 0.3) is 0 Å². The maximum absolute atomic E-state index is 11.5. The Labute approximate surface area is 122 Å². The van der Waals surface area contributed by atoms with Gasteiger partial charge in [0.1, 0.15) is 0 Å². The number of carboxylic acid groups (broad SMARTS) is 1. The van der Waals surface area contributed by atoms with Crippen molar-refractivity contribution in [1.82, 2.24) is 4.72 Å². The molecule has 8 nitrogen and oxygen atoms in total. The molecule has 0 unspecified atom stereocenters. The normalized spacial score (nSPS) is 11.6. The molecule has 116 valence electrons. The van der Waals surface area contributed by atoms with Gasteiger partial charge in [0.05, 0.1) is 18.2 Å². The van der Waals surface area contributed by atoms with E-state index in [-0.39, 0.29) is 5.69 Å². The Balaban J connectivity index is 2.89. The van der Waals surface area contributed by atoms with Crippen LogP contribution in [0.3, 0.4) is 0 Å². The molecule has 1 aromatic rings. The van der Waals surface area contributed by atoms with Crippen molar-refractivity contribution in [3.8, 4) is 0 Å². The first-order chi connectivity index (χ1) is 9.58. The summed E-state index contributed by atoms with van der Waals surface area (Å²) in [6, 6.07) is 5.78. The first-order valence-electron chi connectivity index (χ1n) is 5.81. The Morgan fingerprint density at radius 1 is 1.19 bits per heavy atom. The number of ether oxygens (including phenoxy) is 1. The van der Waals surface area contributed by atoms with Crippen molar-refractivity contribution in [3.05, 3.63) is 29.8 Å². The highest BCUT2D eigenvalue weighted by atomic mass is 32.2. The minimum atomic E-state index is -4.10. The van der Waals surface area contributed by atoms with E-state index in [0.29, 0.717) is 5.56 Å². The summed E-state index contributed by atoms with van der Waals surface area (Å²) in [7, 11) is -3.07. The van der Waals surface area contributed by atoms with Crippen LogP contribution in [0.2, 0.25) is 0 Å². The predicted octanol–water partition coefficient (Wildman–Crippen LogP) is 1.06. The molecule has 0 saturated carbocycles. The molecule has 3 N–H and O–H groups in total. The van der Waals surface area contributed by atoms with Gasteiger partial charge in [-0.25, -0.2) is 9.52 Å². The van der Waals surface area contributed by atoms with Crippen molar-refractivity contribution in [2.24, 2.45) is 0 Å². The van der Waals surface area contributed by atoms with Crippen LogP contribution in [0.15, 0.2) is 24.3 Å². The molecular formula is C12H16N2O6S. The number of rotatable bonds is 5. The van der Waals surface area contributed by atoms with Gasteiger partial charge in [-0.3, -0.25) is 9.52 Å². The van der Waals surface area contributed by atoms with Crippen LogP contribution in [0.5, 0.6) is 0 Å². The number of hydrogen-bond acceptors (Lipinski definition) is 5. The van der Waals surface area contributed by atoms with Crippen LogP contribution >= 0.6 is 0 Å². The summed E-state index contributed by atoms with van der Waals surface area (Å²) in [4.78, 5) is 22.0. The van der Waals surface area contributed by atoms with E-state index in [9.17, 15) is 18.0 Å². The molecule has 0 fully saturated rings. The van der Waals surface area contributed by atoms with E-state index in [0.717, 1.165) is 7.11 Å². The number of amides is 1. The summed E-state index contributed by atoms with van der Waals surface area (Å²) in [6.07, 6.45) is -1.12. The van der Waals surface area contributed by atoms with Gasteiger partial charge in [0.15, 0.2) is 0 Å².